The largest absolute Gasteiger partial charge is 0.352 e. The lowest BCUT2D eigenvalue weighted by molar-refractivity contribution is -0.121. The fourth-order valence-electron chi connectivity index (χ4n) is 3.42. The zero-order valence-electron chi connectivity index (χ0n) is 13.9. The van der Waals surface area contributed by atoms with E-state index in [1.54, 1.807) is 0 Å². The Hall–Kier alpha value is -1.54. The molecule has 1 aromatic heterocycles. The number of nitrogens with zero attached hydrogens (tertiary/aromatic N) is 3. The van der Waals surface area contributed by atoms with Crippen molar-refractivity contribution >= 4 is 15.7 Å². The number of hydrogen-bond donors (Lipinski definition) is 1. The Morgan fingerprint density at radius 3 is 2.62 bits per heavy atom. The third-order valence-electron chi connectivity index (χ3n) is 4.73. The van der Waals surface area contributed by atoms with Crippen LogP contribution in [0.2, 0.25) is 0 Å². The van der Waals surface area contributed by atoms with Crippen LogP contribution >= 0.6 is 0 Å². The zero-order valence-corrected chi connectivity index (χ0v) is 14.7. The van der Waals surface area contributed by atoms with Gasteiger partial charge in [-0.05, 0) is 24.7 Å². The van der Waals surface area contributed by atoms with E-state index < -0.39 is 9.84 Å². The summed E-state index contributed by atoms with van der Waals surface area (Å²) in [5, 5.41) is 3.06. The maximum Gasteiger partial charge on any atom is 0.221 e. The summed E-state index contributed by atoms with van der Waals surface area (Å²) in [5.41, 5.74) is 1.07. The van der Waals surface area contributed by atoms with Gasteiger partial charge in [-0.25, -0.2) is 18.4 Å². The molecule has 8 heteroatoms. The highest BCUT2D eigenvalue weighted by Crippen LogP contribution is 2.41. The Morgan fingerprint density at radius 2 is 2.00 bits per heavy atom. The predicted octanol–water partition coefficient (Wildman–Crippen LogP) is 0.238. The molecule has 0 bridgehead atoms. The van der Waals surface area contributed by atoms with Crippen LogP contribution in [0.25, 0.3) is 0 Å². The highest BCUT2D eigenvalue weighted by atomic mass is 32.2. The lowest BCUT2D eigenvalue weighted by Crippen LogP contribution is -2.41. The summed E-state index contributed by atoms with van der Waals surface area (Å²) < 4.78 is 22.4. The van der Waals surface area contributed by atoms with Crippen molar-refractivity contribution in [3.63, 3.8) is 0 Å². The molecule has 3 rings (SSSR count). The highest BCUT2D eigenvalue weighted by Gasteiger charge is 2.42. The Labute approximate surface area is 142 Å². The minimum Gasteiger partial charge on any atom is -0.352 e. The van der Waals surface area contributed by atoms with Crippen molar-refractivity contribution in [3.05, 3.63) is 24.3 Å². The Bertz CT molecular complexity index is 676. The maximum absolute atomic E-state index is 12.1. The number of hydrogen-bond acceptors (Lipinski definition) is 6. The molecule has 1 aliphatic carbocycles. The summed E-state index contributed by atoms with van der Waals surface area (Å²) in [4.78, 5) is 22.5. The Kier molecular flexibility index (Phi) is 5.15. The second-order valence-corrected chi connectivity index (χ2v) is 9.26. The average Bonchev–Trinajstić information content (AvgIpc) is 3.29. The summed E-state index contributed by atoms with van der Waals surface area (Å²) in [6.45, 7) is 2.52. The average molecular weight is 352 g/mol. The van der Waals surface area contributed by atoms with Gasteiger partial charge in [0.25, 0.3) is 0 Å². The molecule has 132 valence electrons. The fourth-order valence-corrected chi connectivity index (χ4v) is 3.98. The van der Waals surface area contributed by atoms with Crippen LogP contribution in [0.1, 0.15) is 24.8 Å². The third-order valence-corrected chi connectivity index (χ3v) is 5.68. The molecular formula is C16H24N4O3S. The number of carbonyl (C=O) groups excluding carboxylic acids is 1. The quantitative estimate of drug-likeness (QED) is 0.756. The SMILES string of the molecule is CS(=O)(=O)CCC(=O)N[C@@H]1CN(Cc2cncnc2)C[C@H]1C1CC1. The van der Waals surface area contributed by atoms with Crippen molar-refractivity contribution < 1.29 is 13.2 Å². The van der Waals surface area contributed by atoms with Crippen LogP contribution in [0, 0.1) is 11.8 Å². The van der Waals surface area contributed by atoms with E-state index in [9.17, 15) is 13.2 Å². The molecule has 1 N–H and O–H groups in total. The van der Waals surface area contributed by atoms with Crippen LogP contribution in [0.5, 0.6) is 0 Å². The molecule has 1 aliphatic heterocycles. The summed E-state index contributed by atoms with van der Waals surface area (Å²) in [6.07, 6.45) is 8.80. The normalized spacial score (nSPS) is 24.9. The Morgan fingerprint density at radius 1 is 1.29 bits per heavy atom. The van der Waals surface area contributed by atoms with Gasteiger partial charge in [-0.3, -0.25) is 9.69 Å². The van der Waals surface area contributed by atoms with E-state index in [0.29, 0.717) is 11.8 Å². The third kappa shape index (κ3) is 4.98. The molecule has 0 unspecified atom stereocenters. The van der Waals surface area contributed by atoms with Crippen LogP contribution in [0.3, 0.4) is 0 Å². The second-order valence-electron chi connectivity index (χ2n) is 7.00. The molecular weight excluding hydrogens is 328 g/mol. The van der Waals surface area contributed by atoms with Crippen LogP contribution in [-0.2, 0) is 21.2 Å². The second kappa shape index (κ2) is 7.14. The first kappa shape index (κ1) is 17.3. The van der Waals surface area contributed by atoms with E-state index >= 15 is 0 Å². The van der Waals surface area contributed by atoms with E-state index in [0.717, 1.165) is 31.5 Å². The smallest absolute Gasteiger partial charge is 0.221 e. The number of likely N-dealkylation sites (tertiary alicyclic amines) is 1. The summed E-state index contributed by atoms with van der Waals surface area (Å²) in [6, 6.07) is 0.106. The number of nitrogens with one attached hydrogen (secondary N) is 1. The first-order chi connectivity index (χ1) is 11.4. The molecule has 1 aromatic rings. The summed E-state index contributed by atoms with van der Waals surface area (Å²) in [7, 11) is -3.11. The first-order valence-corrected chi connectivity index (χ1v) is 10.4. The van der Waals surface area contributed by atoms with Crippen molar-refractivity contribution in [2.24, 2.45) is 11.8 Å². The van der Waals surface area contributed by atoms with E-state index in [2.05, 4.69) is 20.2 Å². The Balaban J connectivity index is 1.56. The van der Waals surface area contributed by atoms with Gasteiger partial charge in [0, 0.05) is 56.3 Å². The van der Waals surface area contributed by atoms with Crippen LogP contribution in [0.15, 0.2) is 18.7 Å². The topological polar surface area (TPSA) is 92.3 Å². The van der Waals surface area contributed by atoms with E-state index in [4.69, 9.17) is 0 Å². The number of amides is 1. The lowest BCUT2D eigenvalue weighted by atomic mass is 9.98. The fraction of sp³-hybridized carbons (Fsp3) is 0.688. The monoisotopic (exact) mass is 352 g/mol. The van der Waals surface area contributed by atoms with Crippen LogP contribution < -0.4 is 5.32 Å². The molecule has 2 fully saturated rings. The lowest BCUT2D eigenvalue weighted by Gasteiger charge is -2.19. The zero-order chi connectivity index (χ0) is 17.2. The van der Waals surface area contributed by atoms with Crippen molar-refractivity contribution in [3.8, 4) is 0 Å². The van der Waals surface area contributed by atoms with Gasteiger partial charge in [0.2, 0.25) is 5.91 Å². The molecule has 2 atom stereocenters. The minimum absolute atomic E-state index is 0.0409. The van der Waals surface area contributed by atoms with E-state index in [1.165, 1.54) is 19.2 Å². The minimum atomic E-state index is -3.11. The van der Waals surface area contributed by atoms with Crippen LogP contribution in [0.4, 0.5) is 0 Å². The van der Waals surface area contributed by atoms with Gasteiger partial charge < -0.3 is 5.32 Å². The van der Waals surface area contributed by atoms with Gasteiger partial charge in [-0.2, -0.15) is 0 Å². The number of sulfone groups is 1. The molecule has 0 aromatic carbocycles. The van der Waals surface area contributed by atoms with Gasteiger partial charge in [-0.15, -0.1) is 0 Å². The summed E-state index contributed by atoms with van der Waals surface area (Å²) >= 11 is 0. The molecule has 1 amide bonds. The standard InChI is InChI=1S/C16H24N4O3S/c1-24(22,23)5-4-16(21)19-15-10-20(9-14(15)13-2-3-13)8-12-6-17-11-18-7-12/h6-7,11,13-15H,2-5,8-10H2,1H3,(H,19,21)/t14-,15+/m0/s1. The molecule has 0 radical (unpaired) electrons. The summed E-state index contributed by atoms with van der Waals surface area (Å²) in [5.74, 6) is 0.880. The molecule has 2 aliphatic rings. The van der Waals surface area contributed by atoms with Gasteiger partial charge >= 0.3 is 0 Å². The van der Waals surface area contributed by atoms with Gasteiger partial charge in [0.05, 0.1) is 5.75 Å². The molecule has 24 heavy (non-hydrogen) atoms. The number of rotatable bonds is 7. The van der Waals surface area contributed by atoms with Crippen molar-refractivity contribution in [1.29, 1.82) is 0 Å². The van der Waals surface area contributed by atoms with Gasteiger partial charge in [0.1, 0.15) is 16.2 Å². The van der Waals surface area contributed by atoms with Crippen LogP contribution in [-0.4, -0.2) is 60.3 Å². The maximum atomic E-state index is 12.1. The molecule has 1 saturated carbocycles. The van der Waals surface area contributed by atoms with Gasteiger partial charge in [0.15, 0.2) is 0 Å². The van der Waals surface area contributed by atoms with E-state index in [-0.39, 0.29) is 24.1 Å². The van der Waals surface area contributed by atoms with Gasteiger partial charge in [-0.1, -0.05) is 0 Å². The highest BCUT2D eigenvalue weighted by molar-refractivity contribution is 7.90. The predicted molar refractivity (Wildman–Crippen MR) is 89.8 cm³/mol. The van der Waals surface area contributed by atoms with Crippen molar-refractivity contribution in [2.45, 2.75) is 31.8 Å². The van der Waals surface area contributed by atoms with E-state index in [1.807, 2.05) is 12.4 Å². The molecule has 0 spiro atoms. The van der Waals surface area contributed by atoms with Crippen molar-refractivity contribution in [1.82, 2.24) is 20.2 Å². The molecule has 7 nitrogen and oxygen atoms in total. The first-order valence-electron chi connectivity index (χ1n) is 8.34. The molecule has 2 heterocycles. The number of aromatic nitrogens is 2. The number of carbonyl (C=O) groups is 1. The van der Waals surface area contributed by atoms with Crippen molar-refractivity contribution in [2.75, 3.05) is 25.1 Å². The molecule has 1 saturated heterocycles.